The fourth-order valence-electron chi connectivity index (χ4n) is 7.13. The van der Waals surface area contributed by atoms with Crippen molar-refractivity contribution in [1.29, 1.82) is 0 Å². The molecule has 0 N–H and O–H groups in total. The molecule has 1 heteroatoms. The van der Waals surface area contributed by atoms with Crippen molar-refractivity contribution in [2.24, 2.45) is 11.3 Å². The van der Waals surface area contributed by atoms with E-state index in [1.165, 1.54) is 39.0 Å². The van der Waals surface area contributed by atoms with Crippen molar-refractivity contribution in [2.75, 3.05) is 0 Å². The average molecular weight is 757 g/mol. The van der Waals surface area contributed by atoms with Crippen molar-refractivity contribution in [2.45, 2.75) is 83.7 Å². The Bertz CT molecular complexity index is 1720. The monoisotopic (exact) mass is 758 g/mol. The molecule has 2 aliphatic carbocycles. The summed E-state index contributed by atoms with van der Waals surface area (Å²) in [6.07, 6.45) is 5.24. The van der Waals surface area contributed by atoms with Gasteiger partial charge in [0.15, 0.2) is 0 Å². The van der Waals surface area contributed by atoms with Crippen LogP contribution in [0.25, 0.3) is 11.1 Å². The van der Waals surface area contributed by atoms with Crippen LogP contribution in [0.5, 0.6) is 0 Å². The molecule has 0 radical (unpaired) electrons. The van der Waals surface area contributed by atoms with Gasteiger partial charge in [0, 0.05) is 0 Å². The molecule has 0 spiro atoms. The molecule has 1 unspecified atom stereocenters. The number of fused-ring (bicyclic) bond motifs is 3. The van der Waals surface area contributed by atoms with Crippen LogP contribution in [0.1, 0.15) is 106 Å². The van der Waals surface area contributed by atoms with Crippen LogP contribution in [-0.4, -0.2) is 3.26 Å². The molecule has 0 nitrogen and oxygen atoms in total. The van der Waals surface area contributed by atoms with Gasteiger partial charge in [0.25, 0.3) is 0 Å². The molecule has 0 fully saturated rings. The molecule has 0 bridgehead atoms. The van der Waals surface area contributed by atoms with Gasteiger partial charge in [-0.05, 0) is 0 Å². The number of hydrogen-bond donors (Lipinski definition) is 0. The van der Waals surface area contributed by atoms with Gasteiger partial charge in [-0.1, -0.05) is 0 Å². The Morgan fingerprint density at radius 3 is 1.38 bits per heavy atom. The molecule has 45 heavy (non-hydrogen) atoms. The Hall–Kier alpha value is -2.90. The topological polar surface area (TPSA) is 0 Å². The van der Waals surface area contributed by atoms with Gasteiger partial charge < -0.3 is 0 Å². The Labute approximate surface area is 280 Å². The van der Waals surface area contributed by atoms with Crippen LogP contribution < -0.4 is 0 Å². The summed E-state index contributed by atoms with van der Waals surface area (Å²) >= 11 is -3.06. The molecule has 0 aromatic heterocycles. The molecule has 0 saturated heterocycles. The first-order chi connectivity index (χ1) is 21.1. The van der Waals surface area contributed by atoms with E-state index in [4.69, 9.17) is 0 Å². The van der Waals surface area contributed by atoms with Gasteiger partial charge in [-0.3, -0.25) is 0 Å². The normalized spacial score (nSPS) is 16.6. The second-order valence-electron chi connectivity index (χ2n) is 16.3. The number of rotatable bonds is 4. The summed E-state index contributed by atoms with van der Waals surface area (Å²) in [6.45, 7) is 23.6. The van der Waals surface area contributed by atoms with E-state index in [0.717, 1.165) is 0 Å². The summed E-state index contributed by atoms with van der Waals surface area (Å²) < 4.78 is 3.78. The molecule has 0 heterocycles. The van der Waals surface area contributed by atoms with Crippen LogP contribution in [0.3, 0.4) is 0 Å². The minimum atomic E-state index is -3.06. The molecule has 0 aliphatic heterocycles. The van der Waals surface area contributed by atoms with Gasteiger partial charge in [-0.15, -0.1) is 0 Å². The molecule has 1 atom stereocenters. The average Bonchev–Trinajstić information content (AvgIpc) is 3.53. The molecule has 4 aromatic carbocycles. The predicted octanol–water partition coefficient (Wildman–Crippen LogP) is 11.7. The van der Waals surface area contributed by atoms with E-state index < -0.39 is 21.0 Å². The van der Waals surface area contributed by atoms with Crippen molar-refractivity contribution in [3.05, 3.63) is 151 Å². The molecule has 4 aromatic rings. The van der Waals surface area contributed by atoms with E-state index >= 15 is 0 Å². The van der Waals surface area contributed by atoms with Crippen LogP contribution in [0.4, 0.5) is 0 Å². The van der Waals surface area contributed by atoms with Gasteiger partial charge in [0.05, 0.1) is 0 Å². The minimum absolute atomic E-state index is 0.0945. The van der Waals surface area contributed by atoms with Crippen molar-refractivity contribution in [3.63, 3.8) is 0 Å². The summed E-state index contributed by atoms with van der Waals surface area (Å²) in [5.74, 6) is 0.444. The van der Waals surface area contributed by atoms with E-state index in [0.29, 0.717) is 9.59 Å². The maximum atomic E-state index is 2.66. The molecule has 230 valence electrons. The molecule has 0 amide bonds. The zero-order valence-corrected chi connectivity index (χ0v) is 32.6. The zero-order valence-electron chi connectivity index (χ0n) is 29.0. The van der Waals surface area contributed by atoms with Crippen LogP contribution in [0.15, 0.2) is 118 Å². The SMILES string of the molecule is CC1C=C(C(C)(C)C)C=[C]1[Hf](=[C](c1ccccc1)c1ccccc1)[CH]1c2ccc(C(C)(C)C)cc2-c2cc(C(C)(C)C)ccc21. The van der Waals surface area contributed by atoms with Gasteiger partial charge in [0.2, 0.25) is 0 Å². The predicted molar refractivity (Wildman–Crippen MR) is 192 cm³/mol. The van der Waals surface area contributed by atoms with Crippen LogP contribution in [0.2, 0.25) is 0 Å². The van der Waals surface area contributed by atoms with Crippen LogP contribution in [0, 0.1) is 11.3 Å². The first-order valence-electron chi connectivity index (χ1n) is 16.7. The number of hydrogen-bond acceptors (Lipinski definition) is 0. The Morgan fingerprint density at radius 1 is 0.556 bits per heavy atom. The number of allylic oxidation sites excluding steroid dienone is 4. The second-order valence-corrected chi connectivity index (χ2v) is 25.2. The van der Waals surface area contributed by atoms with Gasteiger partial charge in [-0.25, -0.2) is 0 Å². The Balaban J connectivity index is 1.74. The molecule has 6 rings (SSSR count). The van der Waals surface area contributed by atoms with E-state index in [-0.39, 0.29) is 16.2 Å². The zero-order chi connectivity index (χ0) is 32.3. The van der Waals surface area contributed by atoms with Crippen molar-refractivity contribution < 1.29 is 21.0 Å². The van der Waals surface area contributed by atoms with Crippen molar-refractivity contribution >= 4 is 3.26 Å². The summed E-state index contributed by atoms with van der Waals surface area (Å²) in [4.78, 5) is 0. The third kappa shape index (κ3) is 6.15. The summed E-state index contributed by atoms with van der Waals surface area (Å²) in [6, 6.07) is 37.7. The first kappa shape index (κ1) is 32.1. The van der Waals surface area contributed by atoms with Gasteiger partial charge in [0.1, 0.15) is 0 Å². The van der Waals surface area contributed by atoms with Crippen molar-refractivity contribution in [1.82, 2.24) is 0 Å². The van der Waals surface area contributed by atoms with Crippen LogP contribution >= 0.6 is 0 Å². The molecular formula is C44H50Hf. The van der Waals surface area contributed by atoms with Gasteiger partial charge >= 0.3 is 282 Å². The summed E-state index contributed by atoms with van der Waals surface area (Å²) in [7, 11) is 0. The fourth-order valence-corrected chi connectivity index (χ4v) is 21.1. The van der Waals surface area contributed by atoms with Crippen LogP contribution in [-0.2, 0) is 31.8 Å². The van der Waals surface area contributed by atoms with Crippen molar-refractivity contribution in [3.8, 4) is 11.1 Å². The van der Waals surface area contributed by atoms with E-state index in [2.05, 4.69) is 178 Å². The van der Waals surface area contributed by atoms with E-state index in [1.54, 1.807) is 17.7 Å². The summed E-state index contributed by atoms with van der Waals surface area (Å²) in [5, 5.41) is 0. The summed E-state index contributed by atoms with van der Waals surface area (Å²) in [5.41, 5.74) is 13.5. The standard InChI is InChI=1S/C21H25.C13H10.C10H15.Hf/c1-20(2,3)16-9-7-14-11-15-8-10-17(21(4,5)6)13-19(15)18(14)12-16;1-3-7-12(8-4-1)11-13-9-5-2-6-10-13;1-8-5-6-9(7-8)10(2,3)4;/h7-13H,1-6H3;1-10H;6-8H,1-4H3;. The molecule has 2 aliphatic rings. The fraction of sp³-hybridized carbons (Fsp3) is 0.341. The third-order valence-corrected chi connectivity index (χ3v) is 22.5. The molecular weight excluding hydrogens is 707 g/mol. The maximum absolute atomic E-state index is 3.06. The molecule has 0 saturated carbocycles. The quantitative estimate of drug-likeness (QED) is 0.182. The van der Waals surface area contributed by atoms with Gasteiger partial charge in [-0.2, -0.15) is 0 Å². The Morgan fingerprint density at radius 2 is 1.00 bits per heavy atom. The number of benzene rings is 4. The third-order valence-electron chi connectivity index (χ3n) is 9.84. The first-order valence-corrected chi connectivity index (χ1v) is 22.4. The van der Waals surface area contributed by atoms with E-state index in [1.807, 2.05) is 0 Å². The second kappa shape index (κ2) is 11.7. The Kier molecular flexibility index (Phi) is 8.35. The van der Waals surface area contributed by atoms with E-state index in [9.17, 15) is 0 Å².